The standard InChI is InChI=1S/C15H26N2O2/c1-5-6-16-11-13-9-14(12(2)3)17-15(10-13)19-8-7-18-4/h9-10,12,16H,5-8,11H2,1-4H3. The van der Waals surface area contributed by atoms with Crippen molar-refractivity contribution in [1.29, 1.82) is 0 Å². The predicted octanol–water partition coefficient (Wildman–Crippen LogP) is 2.73. The molecule has 0 amide bonds. The van der Waals surface area contributed by atoms with Gasteiger partial charge in [0.15, 0.2) is 0 Å². The van der Waals surface area contributed by atoms with E-state index in [0.29, 0.717) is 25.0 Å². The summed E-state index contributed by atoms with van der Waals surface area (Å²) in [6, 6.07) is 4.15. The molecule has 19 heavy (non-hydrogen) atoms. The van der Waals surface area contributed by atoms with Crippen LogP contribution < -0.4 is 10.1 Å². The molecule has 0 fully saturated rings. The molecule has 1 heterocycles. The molecule has 108 valence electrons. The molecule has 0 atom stereocenters. The fraction of sp³-hybridized carbons (Fsp3) is 0.667. The molecule has 0 saturated heterocycles. The van der Waals surface area contributed by atoms with Gasteiger partial charge in [0, 0.05) is 25.4 Å². The number of rotatable bonds is 9. The molecule has 4 heteroatoms. The third kappa shape index (κ3) is 6.03. The van der Waals surface area contributed by atoms with E-state index in [1.54, 1.807) is 7.11 Å². The summed E-state index contributed by atoms with van der Waals surface area (Å²) in [5.74, 6) is 1.09. The lowest BCUT2D eigenvalue weighted by molar-refractivity contribution is 0.143. The van der Waals surface area contributed by atoms with Crippen LogP contribution in [0.25, 0.3) is 0 Å². The van der Waals surface area contributed by atoms with Crippen LogP contribution in [0.3, 0.4) is 0 Å². The fourth-order valence-corrected chi connectivity index (χ4v) is 1.69. The van der Waals surface area contributed by atoms with Crippen molar-refractivity contribution in [3.63, 3.8) is 0 Å². The van der Waals surface area contributed by atoms with Gasteiger partial charge in [-0.2, -0.15) is 0 Å². The van der Waals surface area contributed by atoms with Crippen LogP contribution in [0, 0.1) is 0 Å². The SMILES string of the molecule is CCCNCc1cc(OCCOC)nc(C(C)C)c1. The first-order chi connectivity index (χ1) is 9.17. The van der Waals surface area contributed by atoms with Gasteiger partial charge in [-0.05, 0) is 30.5 Å². The molecule has 0 aliphatic heterocycles. The third-order valence-electron chi connectivity index (χ3n) is 2.77. The highest BCUT2D eigenvalue weighted by molar-refractivity contribution is 5.26. The van der Waals surface area contributed by atoms with Gasteiger partial charge in [0.05, 0.1) is 6.61 Å². The lowest BCUT2D eigenvalue weighted by atomic mass is 10.1. The van der Waals surface area contributed by atoms with Crippen LogP contribution in [0.2, 0.25) is 0 Å². The van der Waals surface area contributed by atoms with Crippen LogP contribution in [-0.4, -0.2) is 31.9 Å². The van der Waals surface area contributed by atoms with Crippen molar-refractivity contribution in [2.45, 2.75) is 39.7 Å². The fourth-order valence-electron chi connectivity index (χ4n) is 1.69. The normalized spacial score (nSPS) is 11.0. The Kier molecular flexibility index (Phi) is 7.45. The molecule has 0 aliphatic rings. The van der Waals surface area contributed by atoms with Gasteiger partial charge >= 0.3 is 0 Å². The molecular weight excluding hydrogens is 240 g/mol. The summed E-state index contributed by atoms with van der Waals surface area (Å²) in [5.41, 5.74) is 2.29. The predicted molar refractivity (Wildman–Crippen MR) is 77.7 cm³/mol. The Labute approximate surface area is 116 Å². The second-order valence-corrected chi connectivity index (χ2v) is 4.91. The number of aromatic nitrogens is 1. The maximum atomic E-state index is 5.62. The Morgan fingerprint density at radius 2 is 2.05 bits per heavy atom. The summed E-state index contributed by atoms with van der Waals surface area (Å²) in [5, 5.41) is 3.40. The summed E-state index contributed by atoms with van der Waals surface area (Å²) in [4.78, 5) is 4.53. The van der Waals surface area contributed by atoms with Crippen molar-refractivity contribution in [3.8, 4) is 5.88 Å². The molecule has 1 N–H and O–H groups in total. The molecule has 0 radical (unpaired) electrons. The van der Waals surface area contributed by atoms with E-state index in [-0.39, 0.29) is 0 Å². The highest BCUT2D eigenvalue weighted by Gasteiger charge is 2.07. The Morgan fingerprint density at radius 1 is 1.26 bits per heavy atom. The van der Waals surface area contributed by atoms with E-state index in [4.69, 9.17) is 9.47 Å². The van der Waals surface area contributed by atoms with Gasteiger partial charge in [0.25, 0.3) is 0 Å². The van der Waals surface area contributed by atoms with E-state index in [1.165, 1.54) is 5.56 Å². The minimum Gasteiger partial charge on any atom is -0.475 e. The highest BCUT2D eigenvalue weighted by Crippen LogP contribution is 2.19. The molecule has 0 bridgehead atoms. The second-order valence-electron chi connectivity index (χ2n) is 4.91. The van der Waals surface area contributed by atoms with E-state index in [1.807, 2.05) is 6.07 Å². The van der Waals surface area contributed by atoms with E-state index >= 15 is 0 Å². The summed E-state index contributed by atoms with van der Waals surface area (Å²) >= 11 is 0. The van der Waals surface area contributed by atoms with Crippen molar-refractivity contribution in [2.75, 3.05) is 26.9 Å². The minimum absolute atomic E-state index is 0.399. The first-order valence-corrected chi connectivity index (χ1v) is 7.00. The number of methoxy groups -OCH3 is 1. The zero-order chi connectivity index (χ0) is 14.1. The molecule has 1 aromatic heterocycles. The summed E-state index contributed by atoms with van der Waals surface area (Å²) in [6.45, 7) is 9.45. The Bertz CT molecular complexity index is 339. The van der Waals surface area contributed by atoms with Crippen molar-refractivity contribution in [1.82, 2.24) is 10.3 Å². The number of hydrogen-bond donors (Lipinski definition) is 1. The molecule has 4 nitrogen and oxygen atoms in total. The van der Waals surface area contributed by atoms with Crippen molar-refractivity contribution in [2.24, 2.45) is 0 Å². The summed E-state index contributed by atoms with van der Waals surface area (Å²) in [6.07, 6.45) is 1.14. The lowest BCUT2D eigenvalue weighted by Crippen LogP contribution is -2.15. The number of pyridine rings is 1. The number of hydrogen-bond acceptors (Lipinski definition) is 4. The maximum Gasteiger partial charge on any atom is 0.213 e. The Hall–Kier alpha value is -1.13. The molecule has 0 saturated carbocycles. The van der Waals surface area contributed by atoms with Crippen molar-refractivity contribution >= 4 is 0 Å². The summed E-state index contributed by atoms with van der Waals surface area (Å²) in [7, 11) is 1.67. The van der Waals surface area contributed by atoms with Crippen LogP contribution >= 0.6 is 0 Å². The van der Waals surface area contributed by atoms with Gasteiger partial charge in [-0.25, -0.2) is 4.98 Å². The third-order valence-corrected chi connectivity index (χ3v) is 2.77. The van der Waals surface area contributed by atoms with Gasteiger partial charge in [-0.1, -0.05) is 20.8 Å². The average molecular weight is 266 g/mol. The smallest absolute Gasteiger partial charge is 0.213 e. The molecular formula is C15H26N2O2. The number of ether oxygens (including phenoxy) is 2. The minimum atomic E-state index is 0.399. The Morgan fingerprint density at radius 3 is 2.68 bits per heavy atom. The van der Waals surface area contributed by atoms with E-state index < -0.39 is 0 Å². The monoisotopic (exact) mass is 266 g/mol. The van der Waals surface area contributed by atoms with Crippen LogP contribution in [0.1, 0.15) is 44.4 Å². The van der Waals surface area contributed by atoms with E-state index in [9.17, 15) is 0 Å². The average Bonchev–Trinajstić information content (AvgIpc) is 2.39. The number of nitrogens with one attached hydrogen (secondary N) is 1. The van der Waals surface area contributed by atoms with Crippen molar-refractivity contribution in [3.05, 3.63) is 23.4 Å². The van der Waals surface area contributed by atoms with Gasteiger partial charge in [-0.3, -0.25) is 0 Å². The summed E-state index contributed by atoms with van der Waals surface area (Å²) < 4.78 is 10.6. The van der Waals surface area contributed by atoms with Gasteiger partial charge < -0.3 is 14.8 Å². The molecule has 0 spiro atoms. The largest absolute Gasteiger partial charge is 0.475 e. The van der Waals surface area contributed by atoms with Crippen LogP contribution in [0.4, 0.5) is 0 Å². The maximum absolute atomic E-state index is 5.62. The van der Waals surface area contributed by atoms with Crippen LogP contribution in [-0.2, 0) is 11.3 Å². The topological polar surface area (TPSA) is 43.4 Å². The zero-order valence-corrected chi connectivity index (χ0v) is 12.5. The first kappa shape index (κ1) is 15.9. The quantitative estimate of drug-likeness (QED) is 0.698. The van der Waals surface area contributed by atoms with Gasteiger partial charge in [0.1, 0.15) is 6.61 Å². The Balaban J connectivity index is 2.72. The first-order valence-electron chi connectivity index (χ1n) is 7.00. The second kappa shape index (κ2) is 8.88. The van der Waals surface area contributed by atoms with Gasteiger partial charge in [0.2, 0.25) is 5.88 Å². The molecule has 0 aliphatic carbocycles. The molecule has 0 unspecified atom stereocenters. The van der Waals surface area contributed by atoms with Gasteiger partial charge in [-0.15, -0.1) is 0 Å². The van der Waals surface area contributed by atoms with Crippen LogP contribution in [0.5, 0.6) is 5.88 Å². The molecule has 1 aromatic rings. The number of nitrogens with zero attached hydrogens (tertiary/aromatic N) is 1. The van der Waals surface area contributed by atoms with E-state index in [0.717, 1.165) is 25.2 Å². The van der Waals surface area contributed by atoms with E-state index in [2.05, 4.69) is 37.1 Å². The van der Waals surface area contributed by atoms with Crippen LogP contribution in [0.15, 0.2) is 12.1 Å². The lowest BCUT2D eigenvalue weighted by Gasteiger charge is -2.12. The zero-order valence-electron chi connectivity index (χ0n) is 12.5. The van der Waals surface area contributed by atoms with Crippen molar-refractivity contribution < 1.29 is 9.47 Å². The molecule has 0 aromatic carbocycles. The highest BCUT2D eigenvalue weighted by atomic mass is 16.5. The molecule has 1 rings (SSSR count).